The minimum absolute atomic E-state index is 0.0422. The lowest BCUT2D eigenvalue weighted by atomic mass is 10.1. The van der Waals surface area contributed by atoms with Gasteiger partial charge in [0, 0.05) is 51.1 Å². The van der Waals surface area contributed by atoms with Crippen molar-refractivity contribution in [2.75, 3.05) is 32.1 Å². The number of hydrogen-bond acceptors (Lipinski definition) is 7. The molecule has 1 amide bonds. The summed E-state index contributed by atoms with van der Waals surface area (Å²) >= 11 is 0. The quantitative estimate of drug-likeness (QED) is 0.383. The van der Waals surface area contributed by atoms with E-state index < -0.39 is 4.92 Å². The van der Waals surface area contributed by atoms with Crippen LogP contribution in [0.15, 0.2) is 55.1 Å². The van der Waals surface area contributed by atoms with Crippen LogP contribution < -0.4 is 4.90 Å². The SMILES string of the molecule is CN(C)c1ccc(CN(C[C@H]2CCCO2)C(=O)c2ccc(-n3cncn3)c([N+](=O)[O-])c2)cc1. The van der Waals surface area contributed by atoms with Crippen molar-refractivity contribution in [2.45, 2.75) is 25.5 Å². The number of amides is 1. The van der Waals surface area contributed by atoms with Gasteiger partial charge in [0.15, 0.2) is 0 Å². The molecule has 0 N–H and O–H groups in total. The van der Waals surface area contributed by atoms with E-state index in [1.165, 1.54) is 29.5 Å². The van der Waals surface area contributed by atoms with E-state index in [2.05, 4.69) is 10.1 Å². The van der Waals surface area contributed by atoms with Gasteiger partial charge in [-0.2, -0.15) is 5.10 Å². The molecule has 3 aromatic rings. The summed E-state index contributed by atoms with van der Waals surface area (Å²) in [5.74, 6) is -0.282. The van der Waals surface area contributed by atoms with Gasteiger partial charge >= 0.3 is 0 Å². The number of hydrogen-bond donors (Lipinski definition) is 0. The summed E-state index contributed by atoms with van der Waals surface area (Å²) in [4.78, 5) is 32.2. The largest absolute Gasteiger partial charge is 0.378 e. The molecule has 1 aliphatic heterocycles. The molecule has 33 heavy (non-hydrogen) atoms. The standard InChI is InChI=1S/C23H26N6O4/c1-26(2)19-8-5-17(6-9-19)13-27(14-20-4-3-11-33-20)23(30)18-7-10-21(22(12-18)29(31)32)28-16-24-15-25-28/h5-10,12,15-16,20H,3-4,11,13-14H2,1-2H3/t20-/m1/s1. The predicted molar refractivity (Wildman–Crippen MR) is 122 cm³/mol. The Kier molecular flexibility index (Phi) is 6.64. The molecule has 0 bridgehead atoms. The van der Waals surface area contributed by atoms with E-state index in [0.29, 0.717) is 19.7 Å². The Labute approximate surface area is 191 Å². The van der Waals surface area contributed by atoms with E-state index in [1.54, 1.807) is 11.0 Å². The van der Waals surface area contributed by atoms with Crippen LogP contribution in [0.4, 0.5) is 11.4 Å². The highest BCUT2D eigenvalue weighted by Crippen LogP contribution is 2.25. The molecular formula is C23H26N6O4. The first-order valence-corrected chi connectivity index (χ1v) is 10.7. The second-order valence-corrected chi connectivity index (χ2v) is 8.18. The molecule has 1 fully saturated rings. The third-order valence-electron chi connectivity index (χ3n) is 5.65. The molecule has 0 spiro atoms. The van der Waals surface area contributed by atoms with Crippen molar-refractivity contribution in [3.8, 4) is 5.69 Å². The van der Waals surface area contributed by atoms with Gasteiger partial charge in [-0.25, -0.2) is 9.67 Å². The number of rotatable bonds is 8. The Balaban J connectivity index is 1.62. The number of ether oxygens (including phenoxy) is 1. The highest BCUT2D eigenvalue weighted by molar-refractivity contribution is 5.95. The smallest absolute Gasteiger partial charge is 0.295 e. The molecule has 1 saturated heterocycles. The summed E-state index contributed by atoms with van der Waals surface area (Å²) in [5, 5.41) is 15.7. The second-order valence-electron chi connectivity index (χ2n) is 8.18. The fraction of sp³-hybridized carbons (Fsp3) is 0.348. The number of nitrogens with zero attached hydrogens (tertiary/aromatic N) is 6. The Morgan fingerprint density at radius 2 is 2.03 bits per heavy atom. The number of nitro benzene ring substituents is 1. The van der Waals surface area contributed by atoms with Crippen LogP contribution in [0.5, 0.6) is 0 Å². The van der Waals surface area contributed by atoms with Crippen molar-refractivity contribution in [2.24, 2.45) is 0 Å². The first kappa shape index (κ1) is 22.4. The maximum Gasteiger partial charge on any atom is 0.295 e. The third-order valence-corrected chi connectivity index (χ3v) is 5.65. The van der Waals surface area contributed by atoms with Crippen LogP contribution in [0.3, 0.4) is 0 Å². The zero-order chi connectivity index (χ0) is 23.4. The molecule has 10 heteroatoms. The van der Waals surface area contributed by atoms with E-state index in [4.69, 9.17) is 4.74 Å². The van der Waals surface area contributed by atoms with Gasteiger partial charge in [0.1, 0.15) is 18.3 Å². The zero-order valence-electron chi connectivity index (χ0n) is 18.6. The lowest BCUT2D eigenvalue weighted by Crippen LogP contribution is -2.37. The average molecular weight is 450 g/mol. The summed E-state index contributed by atoms with van der Waals surface area (Å²) in [7, 11) is 3.94. The molecule has 0 aliphatic carbocycles. The summed E-state index contributed by atoms with van der Waals surface area (Å²) in [6.07, 6.45) is 4.48. The van der Waals surface area contributed by atoms with Crippen LogP contribution in [-0.4, -0.2) is 63.8 Å². The molecule has 2 aromatic carbocycles. The molecule has 2 heterocycles. The molecule has 0 saturated carbocycles. The molecular weight excluding hydrogens is 424 g/mol. The number of anilines is 1. The van der Waals surface area contributed by atoms with Crippen molar-refractivity contribution in [1.82, 2.24) is 19.7 Å². The Morgan fingerprint density at radius 1 is 1.24 bits per heavy atom. The van der Waals surface area contributed by atoms with Crippen LogP contribution in [0, 0.1) is 10.1 Å². The lowest BCUT2D eigenvalue weighted by Gasteiger charge is -2.26. The highest BCUT2D eigenvalue weighted by Gasteiger charge is 2.26. The lowest BCUT2D eigenvalue weighted by molar-refractivity contribution is -0.384. The molecule has 4 rings (SSSR count). The maximum absolute atomic E-state index is 13.5. The van der Waals surface area contributed by atoms with Crippen LogP contribution in [0.25, 0.3) is 5.69 Å². The van der Waals surface area contributed by atoms with Gasteiger partial charge in [0.25, 0.3) is 11.6 Å². The van der Waals surface area contributed by atoms with Gasteiger partial charge < -0.3 is 14.5 Å². The molecule has 1 atom stereocenters. The van der Waals surface area contributed by atoms with E-state index in [9.17, 15) is 14.9 Å². The van der Waals surface area contributed by atoms with Crippen LogP contribution in [-0.2, 0) is 11.3 Å². The van der Waals surface area contributed by atoms with Crippen molar-refractivity contribution in [1.29, 1.82) is 0 Å². The summed E-state index contributed by atoms with van der Waals surface area (Å²) in [6, 6.07) is 12.4. The van der Waals surface area contributed by atoms with Gasteiger partial charge in [0.2, 0.25) is 0 Å². The number of carbonyl (C=O) groups excluding carboxylic acids is 1. The van der Waals surface area contributed by atoms with Gasteiger partial charge in [-0.15, -0.1) is 0 Å². The van der Waals surface area contributed by atoms with Gasteiger partial charge in [-0.05, 0) is 42.7 Å². The molecule has 10 nitrogen and oxygen atoms in total. The number of nitro groups is 1. The summed E-state index contributed by atoms with van der Waals surface area (Å²) in [5.41, 5.74) is 2.32. The third kappa shape index (κ3) is 5.17. The molecule has 0 unspecified atom stereocenters. The van der Waals surface area contributed by atoms with Gasteiger partial charge in [-0.1, -0.05) is 12.1 Å². The summed E-state index contributed by atoms with van der Waals surface area (Å²) < 4.78 is 7.07. The van der Waals surface area contributed by atoms with Crippen LogP contribution in [0.1, 0.15) is 28.8 Å². The van der Waals surface area contributed by atoms with Crippen LogP contribution in [0.2, 0.25) is 0 Å². The van der Waals surface area contributed by atoms with Gasteiger partial charge in [-0.3, -0.25) is 14.9 Å². The first-order valence-electron chi connectivity index (χ1n) is 10.7. The maximum atomic E-state index is 13.5. The van der Waals surface area contributed by atoms with E-state index in [1.807, 2.05) is 43.3 Å². The van der Waals surface area contributed by atoms with Crippen molar-refractivity contribution in [3.63, 3.8) is 0 Å². The monoisotopic (exact) mass is 450 g/mol. The molecule has 0 radical (unpaired) electrons. The Morgan fingerprint density at radius 3 is 2.64 bits per heavy atom. The van der Waals surface area contributed by atoms with E-state index in [-0.39, 0.29) is 28.9 Å². The fourth-order valence-electron chi connectivity index (χ4n) is 3.88. The van der Waals surface area contributed by atoms with Crippen molar-refractivity contribution in [3.05, 3.63) is 76.4 Å². The molecule has 1 aliphatic rings. The minimum Gasteiger partial charge on any atom is -0.378 e. The zero-order valence-corrected chi connectivity index (χ0v) is 18.6. The Hall–Kier alpha value is -3.79. The highest BCUT2D eigenvalue weighted by atomic mass is 16.6. The van der Waals surface area contributed by atoms with E-state index >= 15 is 0 Å². The number of aromatic nitrogens is 3. The predicted octanol–water partition coefficient (Wildman–Crippen LogP) is 3.06. The second kappa shape index (κ2) is 9.78. The minimum atomic E-state index is -0.516. The Bertz CT molecular complexity index is 1110. The van der Waals surface area contributed by atoms with Gasteiger partial charge in [0.05, 0.1) is 11.0 Å². The number of benzene rings is 2. The molecule has 1 aromatic heterocycles. The first-order chi connectivity index (χ1) is 15.9. The summed E-state index contributed by atoms with van der Waals surface area (Å²) in [6.45, 7) is 1.49. The topological polar surface area (TPSA) is 107 Å². The molecule has 172 valence electrons. The van der Waals surface area contributed by atoms with Crippen molar-refractivity contribution >= 4 is 17.3 Å². The average Bonchev–Trinajstić information content (AvgIpc) is 3.52. The normalized spacial score (nSPS) is 15.4. The van der Waals surface area contributed by atoms with Crippen molar-refractivity contribution < 1.29 is 14.5 Å². The number of carbonyl (C=O) groups is 1. The van der Waals surface area contributed by atoms with Crippen LogP contribution >= 0.6 is 0 Å². The van der Waals surface area contributed by atoms with E-state index in [0.717, 1.165) is 24.1 Å². The fourth-order valence-corrected chi connectivity index (χ4v) is 3.88.